The van der Waals surface area contributed by atoms with Crippen molar-refractivity contribution >= 4 is 12.2 Å². The topological polar surface area (TPSA) is 133 Å². The van der Waals surface area contributed by atoms with Crippen LogP contribution in [0.5, 0.6) is 0 Å². The molecule has 2 aliphatic heterocycles. The molecular formula is C24H39N5O4. The Kier molecular flexibility index (Phi) is 10.5. The highest BCUT2D eigenvalue weighted by molar-refractivity contribution is 5.68. The fourth-order valence-electron chi connectivity index (χ4n) is 3.43. The predicted molar refractivity (Wildman–Crippen MR) is 125 cm³/mol. The van der Waals surface area contributed by atoms with Crippen LogP contribution in [0.3, 0.4) is 0 Å². The summed E-state index contributed by atoms with van der Waals surface area (Å²) in [5, 5.41) is 17.3. The van der Waals surface area contributed by atoms with Crippen LogP contribution in [-0.2, 0) is 9.47 Å². The lowest BCUT2D eigenvalue weighted by Gasteiger charge is -2.33. The van der Waals surface area contributed by atoms with E-state index in [2.05, 4.69) is 6.07 Å². The molecule has 2 heterocycles. The second kappa shape index (κ2) is 12.3. The number of nitriles is 2. The molecule has 0 bridgehead atoms. The smallest absolute Gasteiger partial charge is 0.410 e. The fourth-order valence-corrected chi connectivity index (χ4v) is 3.43. The summed E-state index contributed by atoms with van der Waals surface area (Å²) in [7, 11) is 0. The van der Waals surface area contributed by atoms with Crippen molar-refractivity contribution in [1.82, 2.24) is 9.80 Å². The molecule has 0 aromatic heterocycles. The molecule has 2 N–H and O–H groups in total. The number of ether oxygens (including phenoxy) is 2. The van der Waals surface area contributed by atoms with Crippen LogP contribution in [0.15, 0.2) is 11.8 Å². The van der Waals surface area contributed by atoms with Gasteiger partial charge >= 0.3 is 12.2 Å². The van der Waals surface area contributed by atoms with Gasteiger partial charge in [0.2, 0.25) is 0 Å². The van der Waals surface area contributed by atoms with Gasteiger partial charge in [-0.3, -0.25) is 0 Å². The van der Waals surface area contributed by atoms with Crippen molar-refractivity contribution in [2.24, 2.45) is 17.6 Å². The van der Waals surface area contributed by atoms with Gasteiger partial charge in [-0.15, -0.1) is 0 Å². The highest BCUT2D eigenvalue weighted by Crippen LogP contribution is 2.23. The zero-order valence-corrected chi connectivity index (χ0v) is 20.9. The molecule has 184 valence electrons. The first kappa shape index (κ1) is 28.1. The quantitative estimate of drug-likeness (QED) is 0.580. The van der Waals surface area contributed by atoms with E-state index in [1.807, 2.05) is 47.6 Å². The van der Waals surface area contributed by atoms with E-state index >= 15 is 0 Å². The maximum Gasteiger partial charge on any atom is 0.410 e. The molecule has 9 heteroatoms. The zero-order valence-electron chi connectivity index (χ0n) is 20.9. The summed E-state index contributed by atoms with van der Waals surface area (Å²) >= 11 is 0. The summed E-state index contributed by atoms with van der Waals surface area (Å²) in [6.07, 6.45) is 3.92. The van der Waals surface area contributed by atoms with E-state index < -0.39 is 11.2 Å². The van der Waals surface area contributed by atoms with Gasteiger partial charge in [0.15, 0.2) is 0 Å². The molecule has 2 fully saturated rings. The summed E-state index contributed by atoms with van der Waals surface area (Å²) < 4.78 is 10.6. The molecule has 33 heavy (non-hydrogen) atoms. The van der Waals surface area contributed by atoms with Crippen LogP contribution in [0, 0.1) is 34.5 Å². The van der Waals surface area contributed by atoms with Gasteiger partial charge in [0.1, 0.15) is 11.2 Å². The number of carbonyl (C=O) groups is 2. The van der Waals surface area contributed by atoms with Crippen molar-refractivity contribution in [2.75, 3.05) is 26.2 Å². The third kappa shape index (κ3) is 11.0. The summed E-state index contributed by atoms with van der Waals surface area (Å²) in [5.41, 5.74) is 5.49. The van der Waals surface area contributed by atoms with Gasteiger partial charge in [0, 0.05) is 49.8 Å². The number of hydrogen-bond donors (Lipinski definition) is 1. The van der Waals surface area contributed by atoms with E-state index in [-0.39, 0.29) is 24.0 Å². The largest absolute Gasteiger partial charge is 0.444 e. The molecule has 2 saturated heterocycles. The van der Waals surface area contributed by atoms with E-state index in [4.69, 9.17) is 25.7 Å². The maximum atomic E-state index is 11.8. The molecule has 0 spiro atoms. The second-order valence-corrected chi connectivity index (χ2v) is 10.4. The summed E-state index contributed by atoms with van der Waals surface area (Å²) in [4.78, 5) is 26.8. The van der Waals surface area contributed by atoms with E-state index in [9.17, 15) is 9.59 Å². The number of allylic oxidation sites excluding steroid dienone is 2. The normalized spacial score (nSPS) is 18.4. The minimum absolute atomic E-state index is 0.101. The molecule has 0 aliphatic carbocycles. The average molecular weight is 462 g/mol. The lowest BCUT2D eigenvalue weighted by molar-refractivity contribution is 0.0186. The second-order valence-electron chi connectivity index (χ2n) is 10.4. The SMILES string of the molecule is CC(C)(C)OC(=O)N1CCC(/C(N)=C/C#N)CC1.CC(C)(C)OC(=O)N1CCC(C#N)CC1. The standard InChI is InChI=1S/C13H21N3O2.C11H18N2O2/c1-13(2,3)18-12(17)16-8-5-10(6-9-16)11(15)4-7-14;1-11(2,3)15-10(14)13-6-4-9(8-12)5-7-13/h4,10H,5-6,8-9,15H2,1-3H3;9H,4-7H2,1-3H3/b11-4-;. The highest BCUT2D eigenvalue weighted by atomic mass is 16.6. The van der Waals surface area contributed by atoms with Crippen molar-refractivity contribution < 1.29 is 19.1 Å². The minimum atomic E-state index is -0.465. The van der Waals surface area contributed by atoms with E-state index in [1.54, 1.807) is 9.80 Å². The van der Waals surface area contributed by atoms with Crippen LogP contribution in [0.25, 0.3) is 0 Å². The van der Waals surface area contributed by atoms with Crippen LogP contribution in [0.4, 0.5) is 9.59 Å². The summed E-state index contributed by atoms with van der Waals surface area (Å²) in [6.45, 7) is 13.6. The van der Waals surface area contributed by atoms with Gasteiger partial charge < -0.3 is 25.0 Å². The first-order chi connectivity index (χ1) is 15.3. The van der Waals surface area contributed by atoms with Gasteiger partial charge in [-0.2, -0.15) is 10.5 Å². The Labute approximate surface area is 198 Å². The van der Waals surface area contributed by atoms with Crippen LogP contribution in [-0.4, -0.2) is 59.4 Å². The number of piperidine rings is 2. The maximum absolute atomic E-state index is 11.8. The molecule has 2 aliphatic rings. The van der Waals surface area contributed by atoms with Crippen molar-refractivity contribution in [2.45, 2.75) is 78.4 Å². The molecule has 2 rings (SSSR count). The van der Waals surface area contributed by atoms with Crippen molar-refractivity contribution in [1.29, 1.82) is 10.5 Å². The number of likely N-dealkylation sites (tertiary alicyclic amines) is 2. The molecule has 2 amide bonds. The third-order valence-corrected chi connectivity index (χ3v) is 5.18. The molecule has 0 unspecified atom stereocenters. The highest BCUT2D eigenvalue weighted by Gasteiger charge is 2.28. The molecule has 0 aromatic rings. The Morgan fingerprint density at radius 1 is 0.848 bits per heavy atom. The van der Waals surface area contributed by atoms with Gasteiger partial charge in [-0.05, 0) is 67.2 Å². The lowest BCUT2D eigenvalue weighted by atomic mass is 9.94. The third-order valence-electron chi connectivity index (χ3n) is 5.18. The number of nitrogens with zero attached hydrogens (tertiary/aromatic N) is 4. The van der Waals surface area contributed by atoms with Crippen LogP contribution >= 0.6 is 0 Å². The predicted octanol–water partition coefficient (Wildman–Crippen LogP) is 4.16. The molecule has 0 aromatic carbocycles. The lowest BCUT2D eigenvalue weighted by Crippen LogP contribution is -2.42. The average Bonchev–Trinajstić information content (AvgIpc) is 2.72. The minimum Gasteiger partial charge on any atom is -0.444 e. The Morgan fingerprint density at radius 2 is 1.24 bits per heavy atom. The number of nitrogens with two attached hydrogens (primary N) is 1. The molecule has 0 radical (unpaired) electrons. The zero-order chi connectivity index (χ0) is 25.2. The number of amides is 2. The molecule has 0 atom stereocenters. The Bertz CT molecular complexity index is 767. The van der Waals surface area contributed by atoms with Crippen molar-refractivity contribution in [3.63, 3.8) is 0 Å². The van der Waals surface area contributed by atoms with Gasteiger partial charge in [-0.25, -0.2) is 9.59 Å². The van der Waals surface area contributed by atoms with E-state index in [1.165, 1.54) is 6.08 Å². The van der Waals surface area contributed by atoms with Crippen molar-refractivity contribution in [3.05, 3.63) is 11.8 Å². The van der Waals surface area contributed by atoms with Crippen molar-refractivity contribution in [3.8, 4) is 12.1 Å². The molecular weight excluding hydrogens is 422 g/mol. The number of rotatable bonds is 1. The number of hydrogen-bond acceptors (Lipinski definition) is 7. The van der Waals surface area contributed by atoms with Crippen LogP contribution in [0.2, 0.25) is 0 Å². The van der Waals surface area contributed by atoms with Crippen LogP contribution in [0.1, 0.15) is 67.2 Å². The monoisotopic (exact) mass is 461 g/mol. The first-order valence-electron chi connectivity index (χ1n) is 11.5. The fraction of sp³-hybridized carbons (Fsp3) is 0.750. The Hall–Kier alpha value is -2.94. The molecule has 9 nitrogen and oxygen atoms in total. The van der Waals surface area contributed by atoms with Gasteiger partial charge in [0.05, 0.1) is 12.1 Å². The van der Waals surface area contributed by atoms with Gasteiger partial charge in [-0.1, -0.05) is 0 Å². The van der Waals surface area contributed by atoms with Crippen LogP contribution < -0.4 is 5.73 Å². The number of carbonyl (C=O) groups excluding carboxylic acids is 2. The first-order valence-corrected chi connectivity index (χ1v) is 11.5. The summed E-state index contributed by atoms with van der Waals surface area (Å²) in [6, 6.07) is 4.17. The van der Waals surface area contributed by atoms with Gasteiger partial charge in [0.25, 0.3) is 0 Å². The molecule has 0 saturated carbocycles. The summed E-state index contributed by atoms with van der Waals surface area (Å²) in [5.74, 6) is 0.298. The Morgan fingerprint density at radius 3 is 1.58 bits per heavy atom. The Balaban J connectivity index is 0.000000335. The van der Waals surface area contributed by atoms with E-state index in [0.29, 0.717) is 31.9 Å². The van der Waals surface area contributed by atoms with E-state index in [0.717, 1.165) is 25.7 Å².